The van der Waals surface area contributed by atoms with Crippen LogP contribution in [-0.2, 0) is 24.0 Å². The van der Waals surface area contributed by atoms with Crippen LogP contribution in [0.25, 0.3) is 0 Å². The largest absolute Gasteiger partial charge is 0.461 e. The molecule has 1 aliphatic rings. The van der Waals surface area contributed by atoms with Gasteiger partial charge >= 0.3 is 52.8 Å². The fourth-order valence-corrected chi connectivity index (χ4v) is 15.1. The van der Waals surface area contributed by atoms with E-state index in [9.17, 15) is 24.0 Å². The molecule has 0 saturated heterocycles. The van der Waals surface area contributed by atoms with Crippen LogP contribution in [0.1, 0.15) is 34.6 Å². The lowest BCUT2D eigenvalue weighted by Gasteiger charge is -2.33. The van der Waals surface area contributed by atoms with E-state index in [2.05, 4.69) is 32.9 Å². The van der Waals surface area contributed by atoms with Crippen LogP contribution in [0.5, 0.6) is 63.2 Å². The van der Waals surface area contributed by atoms with E-state index >= 15 is 0 Å². The number of ether oxygens (including phenoxy) is 5. The molecule has 400 valence electrons. The molecule has 19 nitrogen and oxygen atoms in total. The van der Waals surface area contributed by atoms with Gasteiger partial charge in [0.1, 0.15) is 5.75 Å². The first-order valence-corrected chi connectivity index (χ1v) is 27.7. The van der Waals surface area contributed by atoms with Crippen molar-refractivity contribution in [1.29, 1.82) is 0 Å². The maximum atomic E-state index is 13.3. The van der Waals surface area contributed by atoms with E-state index in [4.69, 9.17) is 64.4 Å². The zero-order chi connectivity index (χ0) is 56.2. The fourth-order valence-electron chi connectivity index (χ4n) is 6.00. The number of hydrogen-bond donors (Lipinski definition) is 0. The van der Waals surface area contributed by atoms with Crippen LogP contribution in [0.15, 0.2) is 226 Å². The van der Waals surface area contributed by atoms with Gasteiger partial charge in [0.25, 0.3) is 0 Å². The molecule has 1 aliphatic heterocycles. The number of para-hydroxylation sites is 11. The van der Waals surface area contributed by atoms with Gasteiger partial charge in [-0.2, -0.15) is 0 Å². The molecule has 1 atom stereocenters. The molecular formula is C56H50N3O16P3. The second-order valence-electron chi connectivity index (χ2n) is 16.7. The molecule has 0 aromatic heterocycles. The Hall–Kier alpha value is -9.14. The summed E-state index contributed by atoms with van der Waals surface area (Å²) in [5.74, 6) is -6.33. The van der Waals surface area contributed by atoms with Crippen LogP contribution >= 0.6 is 23.0 Å². The van der Waals surface area contributed by atoms with E-state index in [-0.39, 0.29) is 91.1 Å². The molecule has 0 N–H and O–H groups in total. The highest BCUT2D eigenvalue weighted by Crippen LogP contribution is 2.79. The molecule has 7 rings (SSSR count). The van der Waals surface area contributed by atoms with Crippen LogP contribution in [0.3, 0.4) is 0 Å². The minimum Gasteiger partial charge on any atom is -0.419 e. The van der Waals surface area contributed by atoms with Gasteiger partial charge in [-0.3, -0.25) is 0 Å². The molecule has 0 saturated carbocycles. The van der Waals surface area contributed by atoms with Crippen molar-refractivity contribution in [3.63, 3.8) is 0 Å². The highest BCUT2D eigenvalue weighted by atomic mass is 31.3. The third kappa shape index (κ3) is 14.4. The molecule has 1 heterocycles. The van der Waals surface area contributed by atoms with Crippen molar-refractivity contribution in [2.45, 2.75) is 34.6 Å². The van der Waals surface area contributed by atoms with Gasteiger partial charge in [0.2, 0.25) is 0 Å². The van der Waals surface area contributed by atoms with Crippen molar-refractivity contribution in [2.75, 3.05) is 0 Å². The van der Waals surface area contributed by atoms with E-state index < -0.39 is 52.8 Å². The van der Waals surface area contributed by atoms with E-state index in [1.165, 1.54) is 95.3 Å². The Labute approximate surface area is 449 Å². The number of esters is 5. The first-order valence-electron chi connectivity index (χ1n) is 23.1. The predicted molar refractivity (Wildman–Crippen MR) is 293 cm³/mol. The lowest BCUT2D eigenvalue weighted by atomic mass is 10.3. The van der Waals surface area contributed by atoms with Gasteiger partial charge < -0.3 is 50.8 Å². The van der Waals surface area contributed by atoms with Crippen molar-refractivity contribution in [2.24, 2.45) is 13.5 Å². The number of carbonyl (C=O) groups is 5. The smallest absolute Gasteiger partial charge is 0.419 e. The number of hydrogen-bond acceptors (Lipinski definition) is 19. The number of rotatable bonds is 22. The summed E-state index contributed by atoms with van der Waals surface area (Å²) in [4.78, 5) is 66.4. The molecule has 0 aliphatic carbocycles. The average Bonchev–Trinajstić information content (AvgIpc) is 3.56. The normalized spacial score (nSPS) is 14.5. The van der Waals surface area contributed by atoms with Crippen molar-refractivity contribution >= 4 is 52.8 Å². The van der Waals surface area contributed by atoms with Crippen molar-refractivity contribution < 1.29 is 74.8 Å². The third-order valence-electron chi connectivity index (χ3n) is 9.73. The third-order valence-corrected chi connectivity index (χ3v) is 17.8. The molecule has 0 spiro atoms. The molecule has 78 heavy (non-hydrogen) atoms. The Morgan fingerprint density at radius 3 is 0.667 bits per heavy atom. The number of carbonyl (C=O) groups excluding carboxylic acids is 5. The zero-order valence-electron chi connectivity index (χ0n) is 42.7. The maximum Gasteiger partial charge on any atom is 0.461 e. The summed E-state index contributed by atoms with van der Waals surface area (Å²) in [6, 6.07) is 37.7. The minimum absolute atomic E-state index is 0.0223. The van der Waals surface area contributed by atoms with Crippen molar-refractivity contribution in [3.8, 4) is 63.2 Å². The van der Waals surface area contributed by atoms with Gasteiger partial charge in [-0.1, -0.05) is 125 Å². The summed E-state index contributed by atoms with van der Waals surface area (Å²) >= 11 is 0. The lowest BCUT2D eigenvalue weighted by Crippen LogP contribution is -2.15. The summed E-state index contributed by atoms with van der Waals surface area (Å²) in [6.45, 7) is 25.8. The molecule has 6 aromatic rings. The molecule has 0 amide bonds. The summed E-state index contributed by atoms with van der Waals surface area (Å²) in [6.07, 6.45) is 0. The Morgan fingerprint density at radius 1 is 0.282 bits per heavy atom. The summed E-state index contributed by atoms with van der Waals surface area (Å²) < 4.78 is 86.2. The van der Waals surface area contributed by atoms with E-state index in [1.807, 2.05) is 0 Å². The molecular weight excluding hydrogens is 1060 g/mol. The first-order chi connectivity index (χ1) is 37.2. The van der Waals surface area contributed by atoms with E-state index in [0.29, 0.717) is 0 Å². The minimum atomic E-state index is -5.03. The summed E-state index contributed by atoms with van der Waals surface area (Å²) in [5.41, 5.74) is 0.124. The maximum absolute atomic E-state index is 13.3. The van der Waals surface area contributed by atoms with Crippen molar-refractivity contribution in [1.82, 2.24) is 0 Å². The van der Waals surface area contributed by atoms with Gasteiger partial charge in [0.05, 0.1) is 0 Å². The number of benzene rings is 6. The number of nitrogens with zero attached hydrogens (tertiary/aromatic N) is 3. The highest BCUT2D eigenvalue weighted by Gasteiger charge is 2.50. The van der Waals surface area contributed by atoms with Crippen molar-refractivity contribution in [3.05, 3.63) is 212 Å². The Kier molecular flexibility index (Phi) is 17.9. The van der Waals surface area contributed by atoms with Gasteiger partial charge in [-0.05, 0) is 107 Å². The monoisotopic (exact) mass is 1110 g/mol. The summed E-state index contributed by atoms with van der Waals surface area (Å²) in [5, 5.41) is 0. The van der Waals surface area contributed by atoms with E-state index in [1.54, 1.807) is 91.0 Å². The SMILES string of the molecule is C=C(C)C(=O)Oc1ccccc1OP1(Oc2ccccc2)=NP(Oc2ccccc2OC(=O)C(=C)C)(Oc2ccccc2OC(=O)C(=C)C)=NP(Oc2ccccc2OC(=O)C(=C)C)(Oc2ccccc2OC(=O)C(=C)C)=N1. The van der Waals surface area contributed by atoms with Gasteiger partial charge in [0, 0.05) is 27.9 Å². The zero-order valence-corrected chi connectivity index (χ0v) is 45.4. The highest BCUT2D eigenvalue weighted by molar-refractivity contribution is 7.79. The fraction of sp³-hybridized carbons (Fsp3) is 0.0893. The molecule has 22 heteroatoms. The van der Waals surface area contributed by atoms with Gasteiger partial charge in [-0.15, -0.1) is 0 Å². The van der Waals surface area contributed by atoms with Crippen LogP contribution in [0.4, 0.5) is 0 Å². The summed E-state index contributed by atoms with van der Waals surface area (Å²) in [7, 11) is -15.0. The van der Waals surface area contributed by atoms with Gasteiger partial charge in [0.15, 0.2) is 57.5 Å². The topological polar surface area (TPSA) is 224 Å². The Balaban J connectivity index is 1.69. The molecule has 1 unspecified atom stereocenters. The quantitative estimate of drug-likeness (QED) is 0.0267. The van der Waals surface area contributed by atoms with Crippen LogP contribution in [0, 0.1) is 0 Å². The standard InChI is InChI=1S/C56H50N3O16P3/c1-36(2)52(60)65-42-26-14-19-31-47(42)71-76(70-41-24-12-11-13-25-41)57-77(72-48-32-20-15-27-43(48)66-53(61)37(3)4,73-49-33-21-16-28-44(49)67-54(62)38(5)6)59-78(58-76,74-50-34-22-17-29-45(50)68-55(63)39(7)8)75-51-35-23-18-30-46(51)69-56(64)40(9)10/h11-35H,1,3,5,7,9H2,2,4,6,8,10H3. The second-order valence-corrected chi connectivity index (χ2v) is 22.9. The lowest BCUT2D eigenvalue weighted by molar-refractivity contribution is -0.131. The Bertz CT molecular complexity index is 3310. The van der Waals surface area contributed by atoms with Crippen LogP contribution in [-0.4, -0.2) is 29.8 Å². The predicted octanol–water partition coefficient (Wildman–Crippen LogP) is 14.7. The first kappa shape index (κ1) is 56.6. The Morgan fingerprint density at radius 2 is 0.462 bits per heavy atom. The molecule has 6 aromatic carbocycles. The molecule has 0 radical (unpaired) electrons. The van der Waals surface area contributed by atoms with Crippen LogP contribution < -0.4 is 50.8 Å². The van der Waals surface area contributed by atoms with E-state index in [0.717, 1.165) is 0 Å². The van der Waals surface area contributed by atoms with Crippen LogP contribution in [0.2, 0.25) is 0 Å². The van der Waals surface area contributed by atoms with Gasteiger partial charge in [-0.25, -0.2) is 24.0 Å². The second kappa shape index (κ2) is 24.7. The molecule has 0 bridgehead atoms. The average molecular weight is 1110 g/mol. The molecule has 0 fully saturated rings.